The van der Waals surface area contributed by atoms with Crippen LogP contribution in [0.25, 0.3) is 0 Å². The number of likely N-dealkylation sites (tertiary alicyclic amines) is 1. The highest BCUT2D eigenvalue weighted by Gasteiger charge is 2.33. The quantitative estimate of drug-likeness (QED) is 0.924. The van der Waals surface area contributed by atoms with E-state index in [2.05, 4.69) is 25.1 Å². The molecule has 3 rings (SSSR count). The van der Waals surface area contributed by atoms with Crippen LogP contribution < -0.4 is 5.73 Å². The van der Waals surface area contributed by atoms with Crippen molar-refractivity contribution in [3.05, 3.63) is 35.4 Å². The number of nitrogens with two attached hydrogens (primary N) is 1. The molecule has 0 radical (unpaired) electrons. The fourth-order valence-electron chi connectivity index (χ4n) is 3.58. The average Bonchev–Trinajstić information content (AvgIpc) is 2.89. The predicted octanol–water partition coefficient (Wildman–Crippen LogP) is 1.89. The van der Waals surface area contributed by atoms with Gasteiger partial charge in [0.2, 0.25) is 5.91 Å². The van der Waals surface area contributed by atoms with E-state index in [1.165, 1.54) is 11.1 Å². The van der Waals surface area contributed by atoms with Gasteiger partial charge in [0.05, 0.1) is 19.1 Å². The van der Waals surface area contributed by atoms with Crippen LogP contribution in [-0.4, -0.2) is 36.5 Å². The van der Waals surface area contributed by atoms with Crippen LogP contribution >= 0.6 is 0 Å². The highest BCUT2D eigenvalue weighted by Crippen LogP contribution is 2.31. The number of rotatable bonds is 3. The largest absolute Gasteiger partial charge is 0.373 e. The van der Waals surface area contributed by atoms with Crippen molar-refractivity contribution in [3.63, 3.8) is 0 Å². The smallest absolute Gasteiger partial charge is 0.225 e. The number of benzene rings is 1. The van der Waals surface area contributed by atoms with Gasteiger partial charge >= 0.3 is 0 Å². The lowest BCUT2D eigenvalue weighted by molar-refractivity contribution is -0.135. The maximum atomic E-state index is 12.6. The fraction of sp³-hybridized carbons (Fsp3) is 0.588. The molecule has 2 N–H and O–H groups in total. The van der Waals surface area contributed by atoms with E-state index in [0.717, 1.165) is 19.4 Å². The van der Waals surface area contributed by atoms with E-state index in [4.69, 9.17) is 10.5 Å². The van der Waals surface area contributed by atoms with Crippen LogP contribution in [-0.2, 0) is 16.0 Å². The van der Waals surface area contributed by atoms with Gasteiger partial charge in [-0.25, -0.2) is 0 Å². The van der Waals surface area contributed by atoms with Crippen LogP contribution in [0, 0.1) is 5.92 Å². The zero-order chi connectivity index (χ0) is 14.8. The number of nitrogens with zero attached hydrogens (tertiary/aromatic N) is 1. The molecule has 1 saturated heterocycles. The minimum atomic E-state index is -0.0911. The molecule has 21 heavy (non-hydrogen) atoms. The summed E-state index contributed by atoms with van der Waals surface area (Å²) in [5.41, 5.74) is 8.24. The summed E-state index contributed by atoms with van der Waals surface area (Å²) >= 11 is 0. The summed E-state index contributed by atoms with van der Waals surface area (Å²) in [4.78, 5) is 14.6. The summed E-state index contributed by atoms with van der Waals surface area (Å²) in [6.07, 6.45) is 2.31. The van der Waals surface area contributed by atoms with Crippen LogP contribution in [0.2, 0.25) is 0 Å². The van der Waals surface area contributed by atoms with Gasteiger partial charge in [0.15, 0.2) is 0 Å². The first-order valence-corrected chi connectivity index (χ1v) is 7.88. The number of fused-ring (bicyclic) bond motifs is 1. The molecule has 3 atom stereocenters. The van der Waals surface area contributed by atoms with E-state index in [0.29, 0.717) is 31.5 Å². The molecular formula is C17H24N2O2. The van der Waals surface area contributed by atoms with Crippen molar-refractivity contribution in [2.75, 3.05) is 19.7 Å². The molecule has 0 aliphatic carbocycles. The second kappa shape index (κ2) is 6.16. The Morgan fingerprint density at radius 2 is 2.24 bits per heavy atom. The molecule has 0 spiro atoms. The topological polar surface area (TPSA) is 55.6 Å². The van der Waals surface area contributed by atoms with Gasteiger partial charge < -0.3 is 15.4 Å². The maximum Gasteiger partial charge on any atom is 0.225 e. The fourth-order valence-corrected chi connectivity index (χ4v) is 3.58. The summed E-state index contributed by atoms with van der Waals surface area (Å²) in [5.74, 6) is 0.642. The van der Waals surface area contributed by atoms with E-state index < -0.39 is 0 Å². The van der Waals surface area contributed by atoms with E-state index in [1.807, 2.05) is 11.0 Å². The van der Waals surface area contributed by atoms with Crippen molar-refractivity contribution in [2.45, 2.75) is 38.3 Å². The normalized spacial score (nSPS) is 28.5. The molecule has 0 bridgehead atoms. The van der Waals surface area contributed by atoms with Crippen molar-refractivity contribution >= 4 is 5.91 Å². The van der Waals surface area contributed by atoms with E-state index in [1.54, 1.807) is 0 Å². The van der Waals surface area contributed by atoms with Crippen molar-refractivity contribution < 1.29 is 9.53 Å². The minimum Gasteiger partial charge on any atom is -0.373 e. The van der Waals surface area contributed by atoms with Gasteiger partial charge in [-0.3, -0.25) is 4.79 Å². The van der Waals surface area contributed by atoms with Crippen molar-refractivity contribution in [1.82, 2.24) is 4.90 Å². The van der Waals surface area contributed by atoms with E-state index >= 15 is 0 Å². The Bertz CT molecular complexity index is 517. The zero-order valence-corrected chi connectivity index (χ0v) is 12.6. The summed E-state index contributed by atoms with van der Waals surface area (Å²) in [6, 6.07) is 8.59. The van der Waals surface area contributed by atoms with Gasteiger partial charge in [0, 0.05) is 12.6 Å². The van der Waals surface area contributed by atoms with Gasteiger partial charge in [0.1, 0.15) is 0 Å². The Morgan fingerprint density at radius 1 is 1.43 bits per heavy atom. The molecule has 1 amide bonds. The molecule has 1 fully saturated rings. The third-order valence-electron chi connectivity index (χ3n) is 4.77. The third kappa shape index (κ3) is 2.97. The Morgan fingerprint density at radius 3 is 3.00 bits per heavy atom. The molecule has 0 saturated carbocycles. The second-order valence-electron chi connectivity index (χ2n) is 6.24. The Hall–Kier alpha value is -1.39. The lowest BCUT2D eigenvalue weighted by Gasteiger charge is -2.28. The lowest BCUT2D eigenvalue weighted by atomic mass is 9.95. The first kappa shape index (κ1) is 14.5. The van der Waals surface area contributed by atoms with Gasteiger partial charge in [-0.15, -0.1) is 0 Å². The van der Waals surface area contributed by atoms with E-state index in [-0.39, 0.29) is 12.0 Å². The van der Waals surface area contributed by atoms with Crippen LogP contribution in [0.1, 0.15) is 37.0 Å². The number of carbonyl (C=O) groups excluding carboxylic acids is 1. The van der Waals surface area contributed by atoms with E-state index in [9.17, 15) is 4.79 Å². The second-order valence-corrected chi connectivity index (χ2v) is 6.24. The molecule has 3 unspecified atom stereocenters. The van der Waals surface area contributed by atoms with Crippen LogP contribution in [0.4, 0.5) is 0 Å². The highest BCUT2D eigenvalue weighted by molar-refractivity contribution is 5.77. The van der Waals surface area contributed by atoms with Crippen LogP contribution in [0.5, 0.6) is 0 Å². The Balaban J connectivity index is 1.69. The number of amides is 1. The number of ether oxygens (including phenoxy) is 1. The summed E-state index contributed by atoms with van der Waals surface area (Å²) in [5, 5.41) is 0. The Labute approximate surface area is 126 Å². The summed E-state index contributed by atoms with van der Waals surface area (Å²) in [6.45, 7) is 4.28. The predicted molar refractivity (Wildman–Crippen MR) is 81.8 cm³/mol. The number of hydrogen-bond acceptors (Lipinski definition) is 3. The van der Waals surface area contributed by atoms with Gasteiger partial charge in [0.25, 0.3) is 0 Å². The molecule has 4 nitrogen and oxygen atoms in total. The van der Waals surface area contributed by atoms with Crippen molar-refractivity contribution in [2.24, 2.45) is 11.7 Å². The molecule has 2 aliphatic rings. The molecule has 0 aromatic heterocycles. The molecule has 4 heteroatoms. The third-order valence-corrected chi connectivity index (χ3v) is 4.77. The minimum absolute atomic E-state index is 0.0911. The lowest BCUT2D eigenvalue weighted by Crippen LogP contribution is -2.36. The molecule has 2 aliphatic heterocycles. The molecule has 2 heterocycles. The SMILES string of the molecule is CC1CC(CN)CN1C(=O)CC1OCCc2ccccc21. The maximum absolute atomic E-state index is 12.6. The Kier molecular flexibility index (Phi) is 4.27. The summed E-state index contributed by atoms with van der Waals surface area (Å²) in [7, 11) is 0. The zero-order valence-electron chi connectivity index (χ0n) is 12.6. The molecule has 1 aromatic carbocycles. The monoisotopic (exact) mass is 288 g/mol. The first-order chi connectivity index (χ1) is 10.2. The highest BCUT2D eigenvalue weighted by atomic mass is 16.5. The molecule has 114 valence electrons. The summed E-state index contributed by atoms with van der Waals surface area (Å²) < 4.78 is 5.85. The molecule has 1 aromatic rings. The van der Waals surface area contributed by atoms with Crippen molar-refractivity contribution in [1.29, 1.82) is 0 Å². The van der Waals surface area contributed by atoms with Gasteiger partial charge in [-0.05, 0) is 43.4 Å². The van der Waals surface area contributed by atoms with Gasteiger partial charge in [-0.2, -0.15) is 0 Å². The van der Waals surface area contributed by atoms with Gasteiger partial charge in [-0.1, -0.05) is 24.3 Å². The standard InChI is InChI=1S/C17H24N2O2/c1-12-8-13(10-18)11-19(12)17(20)9-16-15-5-3-2-4-14(15)6-7-21-16/h2-5,12-13,16H,6-11,18H2,1H3. The van der Waals surface area contributed by atoms with Crippen LogP contribution in [0.15, 0.2) is 24.3 Å². The first-order valence-electron chi connectivity index (χ1n) is 7.88. The molecular weight excluding hydrogens is 264 g/mol. The average molecular weight is 288 g/mol. The van der Waals surface area contributed by atoms with Crippen LogP contribution in [0.3, 0.4) is 0 Å². The number of hydrogen-bond donors (Lipinski definition) is 1. The number of carbonyl (C=O) groups is 1. The van der Waals surface area contributed by atoms with Crippen molar-refractivity contribution in [3.8, 4) is 0 Å².